The molecule has 2 heterocycles. The zero-order valence-corrected chi connectivity index (χ0v) is 22.1. The van der Waals surface area contributed by atoms with Crippen molar-refractivity contribution in [2.24, 2.45) is 11.8 Å². The van der Waals surface area contributed by atoms with Crippen LogP contribution in [0.2, 0.25) is 0 Å². The molecule has 0 aliphatic carbocycles. The minimum absolute atomic E-state index is 0.0334. The molecule has 9 heteroatoms. The van der Waals surface area contributed by atoms with Gasteiger partial charge in [0.25, 0.3) is 0 Å². The number of hydrogen-bond donors (Lipinski definition) is 1. The summed E-state index contributed by atoms with van der Waals surface area (Å²) in [7, 11) is 0. The fourth-order valence-electron chi connectivity index (χ4n) is 4.67. The standard InChI is InChI=1S/C28H36F2N6O/c1-19(2)10-11-34(14-20(3)4)24-7-9-27-22(12-24)15-36(33-27)21(5)28(37,16-35-18-31-17-32-35)25-8-6-23(29)13-26(25)30/h6-9,12-13,15,17-21,37H,10-11,14,16H2,1-5H3/t21-,28-/m1/s1. The Labute approximate surface area is 216 Å². The lowest BCUT2D eigenvalue weighted by molar-refractivity contribution is -0.0366. The number of benzene rings is 2. The third-order valence-corrected chi connectivity index (χ3v) is 6.79. The van der Waals surface area contributed by atoms with Crippen molar-refractivity contribution in [3.8, 4) is 0 Å². The number of hydrogen-bond acceptors (Lipinski definition) is 5. The fourth-order valence-corrected chi connectivity index (χ4v) is 4.67. The first-order valence-corrected chi connectivity index (χ1v) is 12.8. The highest BCUT2D eigenvalue weighted by Crippen LogP contribution is 2.37. The number of nitrogens with zero attached hydrogens (tertiary/aromatic N) is 6. The van der Waals surface area contributed by atoms with E-state index < -0.39 is 23.3 Å². The Bertz CT molecular complexity index is 1320. The second kappa shape index (κ2) is 11.0. The molecular formula is C28H36F2N6O. The third kappa shape index (κ3) is 5.98. The Morgan fingerprint density at radius 3 is 2.46 bits per heavy atom. The van der Waals surface area contributed by atoms with Gasteiger partial charge in [0.15, 0.2) is 0 Å². The van der Waals surface area contributed by atoms with Crippen LogP contribution in [-0.4, -0.2) is 42.7 Å². The van der Waals surface area contributed by atoms with Gasteiger partial charge in [-0.15, -0.1) is 0 Å². The van der Waals surface area contributed by atoms with Gasteiger partial charge in [0.2, 0.25) is 0 Å². The van der Waals surface area contributed by atoms with Gasteiger partial charge in [-0.25, -0.2) is 18.4 Å². The van der Waals surface area contributed by atoms with E-state index in [1.54, 1.807) is 11.6 Å². The summed E-state index contributed by atoms with van der Waals surface area (Å²) in [4.78, 5) is 6.34. The second-order valence-corrected chi connectivity index (χ2v) is 10.7. The summed E-state index contributed by atoms with van der Waals surface area (Å²) >= 11 is 0. The Morgan fingerprint density at radius 2 is 1.81 bits per heavy atom. The summed E-state index contributed by atoms with van der Waals surface area (Å²) in [5.41, 5.74) is 0.0780. The molecule has 0 aliphatic rings. The van der Waals surface area contributed by atoms with Crippen LogP contribution >= 0.6 is 0 Å². The number of halogens is 2. The summed E-state index contributed by atoms with van der Waals surface area (Å²) < 4.78 is 31.7. The molecule has 0 saturated carbocycles. The predicted molar refractivity (Wildman–Crippen MR) is 141 cm³/mol. The number of aromatic nitrogens is 5. The zero-order valence-electron chi connectivity index (χ0n) is 22.1. The molecule has 7 nitrogen and oxygen atoms in total. The molecule has 4 aromatic rings. The number of aliphatic hydroxyl groups is 1. The van der Waals surface area contributed by atoms with Gasteiger partial charge in [0, 0.05) is 42.0 Å². The lowest BCUT2D eigenvalue weighted by Crippen LogP contribution is -2.40. The van der Waals surface area contributed by atoms with Gasteiger partial charge in [-0.1, -0.05) is 33.8 Å². The van der Waals surface area contributed by atoms with Crippen LogP contribution < -0.4 is 4.90 Å². The predicted octanol–water partition coefficient (Wildman–Crippen LogP) is 5.56. The zero-order chi connectivity index (χ0) is 26.7. The van der Waals surface area contributed by atoms with Crippen molar-refractivity contribution < 1.29 is 13.9 Å². The molecule has 0 spiro atoms. The molecule has 198 valence electrons. The van der Waals surface area contributed by atoms with E-state index in [1.807, 2.05) is 12.3 Å². The molecule has 0 aliphatic heterocycles. The van der Waals surface area contributed by atoms with Crippen LogP contribution in [0.5, 0.6) is 0 Å². The molecule has 2 aromatic carbocycles. The Kier molecular flexibility index (Phi) is 7.92. The largest absolute Gasteiger partial charge is 0.381 e. The van der Waals surface area contributed by atoms with Crippen LogP contribution in [0.15, 0.2) is 55.2 Å². The average Bonchev–Trinajstić information content (AvgIpc) is 3.49. The molecule has 0 saturated heterocycles. The average molecular weight is 511 g/mol. The van der Waals surface area contributed by atoms with E-state index in [9.17, 15) is 13.9 Å². The minimum Gasteiger partial charge on any atom is -0.381 e. The maximum absolute atomic E-state index is 14.9. The van der Waals surface area contributed by atoms with Crippen molar-refractivity contribution in [2.75, 3.05) is 18.0 Å². The van der Waals surface area contributed by atoms with Gasteiger partial charge in [0.05, 0.1) is 18.1 Å². The van der Waals surface area contributed by atoms with E-state index in [-0.39, 0.29) is 12.1 Å². The normalized spacial score (nSPS) is 14.4. The second-order valence-electron chi connectivity index (χ2n) is 10.7. The van der Waals surface area contributed by atoms with Crippen LogP contribution in [0.25, 0.3) is 10.9 Å². The van der Waals surface area contributed by atoms with Gasteiger partial charge in [-0.2, -0.15) is 10.2 Å². The lowest BCUT2D eigenvalue weighted by Gasteiger charge is -2.34. The summed E-state index contributed by atoms with van der Waals surface area (Å²) in [6, 6.07) is 8.66. The Hall–Kier alpha value is -3.33. The smallest absolute Gasteiger partial charge is 0.137 e. The molecule has 37 heavy (non-hydrogen) atoms. The fraction of sp³-hybridized carbons (Fsp3) is 0.464. The highest BCUT2D eigenvalue weighted by Gasteiger charge is 2.41. The van der Waals surface area contributed by atoms with Gasteiger partial charge in [0.1, 0.15) is 29.9 Å². The summed E-state index contributed by atoms with van der Waals surface area (Å²) in [6.45, 7) is 12.5. The number of anilines is 1. The van der Waals surface area contributed by atoms with Crippen LogP contribution in [0, 0.1) is 23.5 Å². The van der Waals surface area contributed by atoms with E-state index in [2.05, 4.69) is 54.8 Å². The molecule has 0 amide bonds. The van der Waals surface area contributed by atoms with Gasteiger partial charge in [-0.3, -0.25) is 4.68 Å². The summed E-state index contributed by atoms with van der Waals surface area (Å²) in [5.74, 6) is -0.416. The topological polar surface area (TPSA) is 72.0 Å². The molecule has 2 aromatic heterocycles. The van der Waals surface area contributed by atoms with E-state index in [1.165, 1.54) is 23.4 Å². The lowest BCUT2D eigenvalue weighted by atomic mass is 9.86. The first kappa shape index (κ1) is 26.7. The summed E-state index contributed by atoms with van der Waals surface area (Å²) in [5, 5.41) is 21.6. The molecule has 0 fully saturated rings. The first-order valence-electron chi connectivity index (χ1n) is 12.8. The van der Waals surface area contributed by atoms with E-state index in [4.69, 9.17) is 5.10 Å². The van der Waals surface area contributed by atoms with Crippen LogP contribution in [0.3, 0.4) is 0 Å². The Morgan fingerprint density at radius 1 is 1.03 bits per heavy atom. The quantitative estimate of drug-likeness (QED) is 0.286. The molecule has 4 rings (SSSR count). The molecule has 0 radical (unpaired) electrons. The van der Waals surface area contributed by atoms with E-state index in [0.29, 0.717) is 11.8 Å². The molecule has 0 bridgehead atoms. The monoisotopic (exact) mass is 510 g/mol. The summed E-state index contributed by atoms with van der Waals surface area (Å²) in [6.07, 6.45) is 5.76. The van der Waals surface area contributed by atoms with Gasteiger partial charge >= 0.3 is 0 Å². The molecular weight excluding hydrogens is 474 g/mol. The van der Waals surface area contributed by atoms with Crippen molar-refractivity contribution in [1.29, 1.82) is 0 Å². The van der Waals surface area contributed by atoms with Crippen molar-refractivity contribution in [3.63, 3.8) is 0 Å². The maximum atomic E-state index is 14.9. The Balaban J connectivity index is 1.71. The van der Waals surface area contributed by atoms with E-state index >= 15 is 0 Å². The van der Waals surface area contributed by atoms with Crippen molar-refractivity contribution in [2.45, 2.75) is 59.2 Å². The SMILES string of the molecule is CC(C)CCN(CC(C)C)c1ccc2nn([C@H](C)[C@](O)(Cn3cncn3)c3ccc(F)cc3F)cc2c1. The van der Waals surface area contributed by atoms with Crippen LogP contribution in [-0.2, 0) is 12.1 Å². The molecule has 0 unspecified atom stereocenters. The van der Waals surface area contributed by atoms with E-state index in [0.717, 1.165) is 48.2 Å². The third-order valence-electron chi connectivity index (χ3n) is 6.79. The van der Waals surface area contributed by atoms with Crippen LogP contribution in [0.1, 0.15) is 52.6 Å². The van der Waals surface area contributed by atoms with Gasteiger partial charge in [-0.05, 0) is 49.4 Å². The van der Waals surface area contributed by atoms with Crippen LogP contribution in [0.4, 0.5) is 14.5 Å². The number of rotatable bonds is 11. The van der Waals surface area contributed by atoms with Crippen molar-refractivity contribution in [1.82, 2.24) is 24.5 Å². The number of fused-ring (bicyclic) bond motifs is 1. The molecule has 1 N–H and O–H groups in total. The minimum atomic E-state index is -1.78. The molecule has 2 atom stereocenters. The van der Waals surface area contributed by atoms with Crippen molar-refractivity contribution in [3.05, 3.63) is 72.4 Å². The van der Waals surface area contributed by atoms with Gasteiger partial charge < -0.3 is 10.0 Å². The first-order chi connectivity index (χ1) is 17.6. The highest BCUT2D eigenvalue weighted by molar-refractivity contribution is 5.82. The maximum Gasteiger partial charge on any atom is 0.137 e. The van der Waals surface area contributed by atoms with Crippen molar-refractivity contribution >= 4 is 16.6 Å². The highest BCUT2D eigenvalue weighted by atomic mass is 19.1.